The van der Waals surface area contributed by atoms with Crippen LogP contribution < -0.4 is 5.32 Å². The van der Waals surface area contributed by atoms with Crippen molar-refractivity contribution in [1.29, 1.82) is 5.26 Å². The van der Waals surface area contributed by atoms with Gasteiger partial charge in [-0.25, -0.2) is 4.79 Å². The van der Waals surface area contributed by atoms with Gasteiger partial charge in [-0.3, -0.25) is 0 Å². The lowest BCUT2D eigenvalue weighted by molar-refractivity contribution is 0.203. The Morgan fingerprint density at radius 3 is 2.70 bits per heavy atom. The molecule has 1 atom stereocenters. The molecule has 4 heteroatoms. The van der Waals surface area contributed by atoms with Crippen molar-refractivity contribution in [2.45, 2.75) is 26.4 Å². The molecule has 0 heterocycles. The van der Waals surface area contributed by atoms with Gasteiger partial charge in [0.1, 0.15) is 0 Å². The van der Waals surface area contributed by atoms with E-state index in [-0.39, 0.29) is 12.1 Å². The third kappa shape index (κ3) is 4.33. The zero-order chi connectivity index (χ0) is 16.8. The fraction of sp³-hybridized carbons (Fsp3) is 0.263. The minimum absolute atomic E-state index is 0.0587. The predicted molar refractivity (Wildman–Crippen MR) is 90.7 cm³/mol. The first-order valence-electron chi connectivity index (χ1n) is 7.57. The third-order valence-corrected chi connectivity index (χ3v) is 3.82. The van der Waals surface area contributed by atoms with E-state index in [9.17, 15) is 4.79 Å². The molecule has 2 amide bonds. The van der Waals surface area contributed by atoms with Crippen molar-refractivity contribution >= 4 is 6.03 Å². The van der Waals surface area contributed by atoms with Crippen molar-refractivity contribution < 1.29 is 4.79 Å². The van der Waals surface area contributed by atoms with E-state index in [0.29, 0.717) is 12.1 Å². The van der Waals surface area contributed by atoms with Gasteiger partial charge in [0, 0.05) is 13.6 Å². The lowest BCUT2D eigenvalue weighted by Gasteiger charge is -2.22. The Morgan fingerprint density at radius 2 is 2.00 bits per heavy atom. The van der Waals surface area contributed by atoms with Crippen LogP contribution in [0.2, 0.25) is 0 Å². The van der Waals surface area contributed by atoms with Gasteiger partial charge in [0.25, 0.3) is 0 Å². The number of nitriles is 1. The number of amides is 2. The fourth-order valence-corrected chi connectivity index (χ4v) is 2.53. The van der Waals surface area contributed by atoms with Crippen LogP contribution in [0.5, 0.6) is 0 Å². The van der Waals surface area contributed by atoms with Gasteiger partial charge in [-0.05, 0) is 42.7 Å². The highest BCUT2D eigenvalue weighted by Crippen LogP contribution is 2.17. The molecule has 0 radical (unpaired) electrons. The molecule has 2 rings (SSSR count). The Morgan fingerprint density at radius 1 is 1.26 bits per heavy atom. The lowest BCUT2D eigenvalue weighted by atomic mass is 10.0. The summed E-state index contributed by atoms with van der Waals surface area (Å²) >= 11 is 0. The van der Waals surface area contributed by atoms with Crippen LogP contribution in [-0.2, 0) is 6.54 Å². The maximum Gasteiger partial charge on any atom is 0.317 e. The number of hydrogen-bond donors (Lipinski definition) is 1. The van der Waals surface area contributed by atoms with Crippen LogP contribution in [0.3, 0.4) is 0 Å². The molecule has 0 bridgehead atoms. The topological polar surface area (TPSA) is 56.1 Å². The smallest absolute Gasteiger partial charge is 0.317 e. The first kappa shape index (κ1) is 16.6. The predicted octanol–water partition coefficient (Wildman–Crippen LogP) is 3.77. The van der Waals surface area contributed by atoms with Crippen molar-refractivity contribution in [3.8, 4) is 6.07 Å². The zero-order valence-electron chi connectivity index (χ0n) is 13.7. The highest BCUT2D eigenvalue weighted by molar-refractivity contribution is 5.74. The Hall–Kier alpha value is -2.80. The van der Waals surface area contributed by atoms with Gasteiger partial charge in [0.05, 0.1) is 17.7 Å². The molecule has 0 fully saturated rings. The van der Waals surface area contributed by atoms with Crippen molar-refractivity contribution in [3.63, 3.8) is 0 Å². The number of nitrogens with zero attached hydrogens (tertiary/aromatic N) is 2. The molecule has 2 aromatic carbocycles. The molecule has 23 heavy (non-hydrogen) atoms. The van der Waals surface area contributed by atoms with Crippen molar-refractivity contribution in [3.05, 3.63) is 70.8 Å². The second-order valence-electron chi connectivity index (χ2n) is 5.70. The Bertz CT molecular complexity index is 733. The van der Waals surface area contributed by atoms with Gasteiger partial charge in [-0.2, -0.15) is 5.26 Å². The normalized spacial score (nSPS) is 11.4. The monoisotopic (exact) mass is 307 g/mol. The molecule has 0 spiro atoms. The second-order valence-corrected chi connectivity index (χ2v) is 5.70. The molecule has 2 aromatic rings. The van der Waals surface area contributed by atoms with Crippen LogP contribution >= 0.6 is 0 Å². The largest absolute Gasteiger partial charge is 0.331 e. The van der Waals surface area contributed by atoms with E-state index in [0.717, 1.165) is 16.7 Å². The van der Waals surface area contributed by atoms with E-state index in [4.69, 9.17) is 5.26 Å². The number of carbonyl (C=O) groups excluding carboxylic acids is 1. The number of rotatable bonds is 4. The summed E-state index contributed by atoms with van der Waals surface area (Å²) in [5.74, 6) is 0. The molecule has 0 aliphatic rings. The summed E-state index contributed by atoms with van der Waals surface area (Å²) in [5, 5.41) is 11.9. The molecule has 0 saturated heterocycles. The summed E-state index contributed by atoms with van der Waals surface area (Å²) in [5.41, 5.74) is 3.81. The van der Waals surface area contributed by atoms with Gasteiger partial charge in [-0.15, -0.1) is 0 Å². The third-order valence-electron chi connectivity index (χ3n) is 3.82. The van der Waals surface area contributed by atoms with Gasteiger partial charge in [-0.1, -0.05) is 36.4 Å². The minimum Gasteiger partial charge on any atom is -0.331 e. The molecule has 1 unspecified atom stereocenters. The van der Waals surface area contributed by atoms with Crippen LogP contribution in [0.4, 0.5) is 4.79 Å². The number of hydrogen-bond acceptors (Lipinski definition) is 2. The first-order valence-corrected chi connectivity index (χ1v) is 7.57. The number of nitrogens with one attached hydrogen (secondary N) is 1. The van der Waals surface area contributed by atoms with E-state index < -0.39 is 0 Å². The summed E-state index contributed by atoms with van der Waals surface area (Å²) in [7, 11) is 1.75. The van der Waals surface area contributed by atoms with Gasteiger partial charge in [0.15, 0.2) is 0 Å². The molecule has 0 aliphatic carbocycles. The Labute approximate surface area is 137 Å². The Balaban J connectivity index is 2.00. The maximum atomic E-state index is 12.3. The molecular weight excluding hydrogens is 286 g/mol. The summed E-state index contributed by atoms with van der Waals surface area (Å²) in [6.45, 7) is 4.47. The summed E-state index contributed by atoms with van der Waals surface area (Å²) < 4.78 is 0. The van der Waals surface area contributed by atoms with E-state index >= 15 is 0 Å². The average molecular weight is 307 g/mol. The van der Waals surface area contributed by atoms with E-state index in [1.54, 1.807) is 24.1 Å². The number of urea groups is 1. The highest BCUT2D eigenvalue weighted by Gasteiger charge is 2.14. The minimum atomic E-state index is -0.136. The van der Waals surface area contributed by atoms with Crippen molar-refractivity contribution in [1.82, 2.24) is 10.2 Å². The molecule has 0 aliphatic heterocycles. The second kappa shape index (κ2) is 7.46. The van der Waals surface area contributed by atoms with E-state index in [2.05, 4.69) is 11.4 Å². The van der Waals surface area contributed by atoms with E-state index in [1.807, 2.05) is 50.2 Å². The molecular formula is C19H21N3O. The number of aryl methyl sites for hydroxylation is 1. The van der Waals surface area contributed by atoms with Crippen LogP contribution in [0, 0.1) is 18.3 Å². The molecule has 0 aromatic heterocycles. The van der Waals surface area contributed by atoms with Gasteiger partial charge < -0.3 is 10.2 Å². The van der Waals surface area contributed by atoms with Crippen LogP contribution in [0.1, 0.15) is 35.2 Å². The molecule has 118 valence electrons. The summed E-state index contributed by atoms with van der Waals surface area (Å²) in [6, 6.07) is 17.2. The van der Waals surface area contributed by atoms with Crippen molar-refractivity contribution in [2.75, 3.05) is 7.05 Å². The SMILES string of the molecule is Cc1ccccc1C(C)NC(=O)N(C)Cc1cccc(C#N)c1. The van der Waals surface area contributed by atoms with Gasteiger partial charge in [0.2, 0.25) is 0 Å². The lowest BCUT2D eigenvalue weighted by Crippen LogP contribution is -2.38. The van der Waals surface area contributed by atoms with Gasteiger partial charge >= 0.3 is 6.03 Å². The summed E-state index contributed by atoms with van der Waals surface area (Å²) in [4.78, 5) is 14.0. The van der Waals surface area contributed by atoms with E-state index in [1.165, 1.54) is 0 Å². The Kier molecular flexibility index (Phi) is 5.37. The maximum absolute atomic E-state index is 12.3. The highest BCUT2D eigenvalue weighted by atomic mass is 16.2. The van der Waals surface area contributed by atoms with Crippen LogP contribution in [0.25, 0.3) is 0 Å². The fourth-order valence-electron chi connectivity index (χ4n) is 2.53. The molecule has 1 N–H and O–H groups in total. The van der Waals surface area contributed by atoms with Crippen molar-refractivity contribution in [2.24, 2.45) is 0 Å². The summed E-state index contributed by atoms with van der Waals surface area (Å²) in [6.07, 6.45) is 0. The quantitative estimate of drug-likeness (QED) is 0.934. The number of benzene rings is 2. The van der Waals surface area contributed by atoms with Crippen LogP contribution in [-0.4, -0.2) is 18.0 Å². The standard InChI is InChI=1S/C19H21N3O/c1-14-7-4-5-10-18(14)15(2)21-19(23)22(3)13-17-9-6-8-16(11-17)12-20/h4-11,15H,13H2,1-3H3,(H,21,23). The molecule has 0 saturated carbocycles. The zero-order valence-corrected chi connectivity index (χ0v) is 13.7. The average Bonchev–Trinajstić information content (AvgIpc) is 2.55. The van der Waals surface area contributed by atoms with Crippen LogP contribution in [0.15, 0.2) is 48.5 Å². The number of carbonyl (C=O) groups is 1. The molecule has 4 nitrogen and oxygen atoms in total. The first-order chi connectivity index (χ1) is 11.0.